The summed E-state index contributed by atoms with van der Waals surface area (Å²) in [5.74, 6) is 1.69. The van der Waals surface area contributed by atoms with Crippen molar-refractivity contribution >= 4 is 17.7 Å². The number of amides is 1. The second kappa shape index (κ2) is 14.3. The van der Waals surface area contributed by atoms with Gasteiger partial charge in [-0.15, -0.1) is 0 Å². The van der Waals surface area contributed by atoms with Gasteiger partial charge in [0.15, 0.2) is 0 Å². The largest absolute Gasteiger partial charge is 0.469 e. The molecule has 2 aliphatic heterocycles. The first kappa shape index (κ1) is 32.2. The smallest absolute Gasteiger partial charge is 0.316 e. The van der Waals surface area contributed by atoms with Gasteiger partial charge in [0, 0.05) is 78.9 Å². The van der Waals surface area contributed by atoms with E-state index in [-0.39, 0.29) is 23.5 Å². The molecule has 2 saturated heterocycles. The van der Waals surface area contributed by atoms with Crippen LogP contribution in [0.15, 0.2) is 61.3 Å². The van der Waals surface area contributed by atoms with Gasteiger partial charge in [0.05, 0.1) is 20.3 Å². The van der Waals surface area contributed by atoms with Gasteiger partial charge in [0.2, 0.25) is 17.7 Å². The molecular weight excluding hydrogens is 598 g/mol. The zero-order valence-electron chi connectivity index (χ0n) is 27.3. The van der Waals surface area contributed by atoms with Crippen LogP contribution in [0.2, 0.25) is 0 Å². The summed E-state index contributed by atoms with van der Waals surface area (Å²) in [6.07, 6.45) is 11.1. The second-order valence-corrected chi connectivity index (χ2v) is 12.7. The summed E-state index contributed by atoms with van der Waals surface area (Å²) in [6, 6.07) is 9.86. The van der Waals surface area contributed by atoms with Crippen LogP contribution in [-0.2, 0) is 21.4 Å². The molecule has 2 aliphatic rings. The lowest BCUT2D eigenvalue weighted by Crippen LogP contribution is -2.49. The molecule has 47 heavy (non-hydrogen) atoms. The minimum Gasteiger partial charge on any atom is -0.469 e. The minimum absolute atomic E-state index is 0.00278. The number of carbonyl (C=O) groups excluding carboxylic acids is 1. The Kier molecular flexibility index (Phi) is 9.83. The average molecular weight is 640 g/mol. The predicted octanol–water partition coefficient (Wildman–Crippen LogP) is 4.26. The number of methoxy groups -OCH3 is 1. The van der Waals surface area contributed by atoms with Crippen LogP contribution in [0.5, 0.6) is 11.9 Å². The first-order chi connectivity index (χ1) is 22.8. The lowest BCUT2D eigenvalue weighted by molar-refractivity contribution is -0.119. The number of nitrogens with zero attached hydrogens (tertiary/aromatic N) is 8. The van der Waals surface area contributed by atoms with Gasteiger partial charge >= 0.3 is 6.01 Å². The van der Waals surface area contributed by atoms with Crippen LogP contribution >= 0.6 is 0 Å². The van der Waals surface area contributed by atoms with Crippen LogP contribution in [0.1, 0.15) is 51.3 Å². The van der Waals surface area contributed by atoms with Crippen molar-refractivity contribution in [2.75, 3.05) is 43.7 Å². The number of nitrogens with one attached hydrogen (secondary N) is 1. The molecule has 0 unspecified atom stereocenters. The summed E-state index contributed by atoms with van der Waals surface area (Å²) in [6.45, 7) is 8.86. The summed E-state index contributed by atoms with van der Waals surface area (Å²) in [7, 11) is 1.53. The van der Waals surface area contributed by atoms with E-state index in [1.807, 2.05) is 41.4 Å². The highest BCUT2D eigenvalue weighted by Gasteiger charge is 2.31. The third kappa shape index (κ3) is 7.98. The first-order valence-corrected chi connectivity index (χ1v) is 15.9. The van der Waals surface area contributed by atoms with Gasteiger partial charge in [-0.25, -0.2) is 24.9 Å². The SMILES string of the molecule is COc1ncc(-c2ccc(N(C(=O)CCc3ccccn3)C3CCN(Nc4ncc(C(C)(C)C)c(OC5COC5)n4)CC3)nc2)cn1. The van der Waals surface area contributed by atoms with Crippen LogP contribution in [0.25, 0.3) is 11.1 Å². The quantitative estimate of drug-likeness (QED) is 0.251. The Labute approximate surface area is 274 Å². The Hall–Kier alpha value is -4.75. The number of aromatic nitrogens is 6. The monoisotopic (exact) mass is 639 g/mol. The predicted molar refractivity (Wildman–Crippen MR) is 176 cm³/mol. The maximum Gasteiger partial charge on any atom is 0.316 e. The molecule has 1 amide bonds. The normalized spacial score (nSPS) is 15.9. The van der Waals surface area contributed by atoms with Crippen LogP contribution in [0.4, 0.5) is 11.8 Å². The number of hydrazine groups is 1. The molecule has 0 spiro atoms. The number of piperidine rings is 1. The van der Waals surface area contributed by atoms with E-state index in [4.69, 9.17) is 24.2 Å². The topological polar surface area (TPSA) is 141 Å². The van der Waals surface area contributed by atoms with E-state index in [0.717, 1.165) is 35.2 Å². The molecule has 0 aromatic carbocycles. The Balaban J connectivity index is 1.15. The molecule has 0 atom stereocenters. The molecule has 13 heteroatoms. The van der Waals surface area contributed by atoms with Crippen LogP contribution < -0.4 is 19.8 Å². The Morgan fingerprint density at radius 2 is 1.74 bits per heavy atom. The van der Waals surface area contributed by atoms with E-state index in [0.29, 0.717) is 62.8 Å². The molecule has 0 radical (unpaired) electrons. The number of pyridine rings is 2. The Morgan fingerprint density at radius 3 is 2.36 bits per heavy atom. The third-order valence-corrected chi connectivity index (χ3v) is 8.26. The average Bonchev–Trinajstić information content (AvgIpc) is 3.07. The summed E-state index contributed by atoms with van der Waals surface area (Å²) < 4.78 is 16.5. The van der Waals surface area contributed by atoms with Gasteiger partial charge in [-0.3, -0.25) is 20.1 Å². The highest BCUT2D eigenvalue weighted by molar-refractivity contribution is 5.93. The molecule has 13 nitrogen and oxygen atoms in total. The number of rotatable bonds is 11. The molecule has 6 rings (SSSR count). The Morgan fingerprint density at radius 1 is 0.979 bits per heavy atom. The molecule has 1 N–H and O–H groups in total. The zero-order valence-corrected chi connectivity index (χ0v) is 27.3. The van der Waals surface area contributed by atoms with Crippen LogP contribution in [0, 0.1) is 0 Å². The molecule has 0 bridgehead atoms. The lowest BCUT2D eigenvalue weighted by Gasteiger charge is -2.38. The molecule has 2 fully saturated rings. The minimum atomic E-state index is -0.169. The summed E-state index contributed by atoms with van der Waals surface area (Å²) >= 11 is 0. The number of carbonyl (C=O) groups is 1. The summed E-state index contributed by atoms with van der Waals surface area (Å²) in [5.41, 5.74) is 6.69. The van der Waals surface area contributed by atoms with Crippen LogP contribution in [-0.4, -0.2) is 86.4 Å². The number of aryl methyl sites for hydroxylation is 1. The Bertz CT molecular complexity index is 1620. The fourth-order valence-corrected chi connectivity index (χ4v) is 5.53. The van der Waals surface area contributed by atoms with Crippen molar-refractivity contribution in [1.29, 1.82) is 0 Å². The third-order valence-electron chi connectivity index (χ3n) is 8.26. The fraction of sp³-hybridized carbons (Fsp3) is 0.441. The molecule has 4 aromatic rings. The van der Waals surface area contributed by atoms with Crippen LogP contribution in [0.3, 0.4) is 0 Å². The zero-order chi connectivity index (χ0) is 32.8. The highest BCUT2D eigenvalue weighted by atomic mass is 16.6. The van der Waals surface area contributed by atoms with Crippen molar-refractivity contribution < 1.29 is 19.0 Å². The molecule has 246 valence electrons. The maximum absolute atomic E-state index is 13.8. The molecule has 6 heterocycles. The van der Waals surface area contributed by atoms with Crippen molar-refractivity contribution in [3.63, 3.8) is 0 Å². The van der Waals surface area contributed by atoms with Crippen molar-refractivity contribution in [3.05, 3.63) is 72.6 Å². The van der Waals surface area contributed by atoms with E-state index in [1.54, 1.807) is 24.8 Å². The van der Waals surface area contributed by atoms with Crippen molar-refractivity contribution in [1.82, 2.24) is 34.9 Å². The van der Waals surface area contributed by atoms with E-state index in [2.05, 4.69) is 51.1 Å². The number of ether oxygens (including phenoxy) is 3. The van der Waals surface area contributed by atoms with Crippen molar-refractivity contribution in [2.45, 2.75) is 64.0 Å². The van der Waals surface area contributed by atoms with Crippen molar-refractivity contribution in [3.8, 4) is 23.0 Å². The molecule has 0 saturated carbocycles. The van der Waals surface area contributed by atoms with E-state index in [1.165, 1.54) is 7.11 Å². The highest BCUT2D eigenvalue weighted by Crippen LogP contribution is 2.32. The molecular formula is C34H41N9O4. The lowest BCUT2D eigenvalue weighted by atomic mass is 9.89. The van der Waals surface area contributed by atoms with Crippen molar-refractivity contribution in [2.24, 2.45) is 0 Å². The first-order valence-electron chi connectivity index (χ1n) is 15.9. The van der Waals surface area contributed by atoms with E-state index in [9.17, 15) is 4.79 Å². The molecule has 4 aromatic heterocycles. The summed E-state index contributed by atoms with van der Waals surface area (Å²) in [5, 5.41) is 2.09. The van der Waals surface area contributed by atoms with Gasteiger partial charge in [-0.2, -0.15) is 4.98 Å². The number of hydrogen-bond donors (Lipinski definition) is 1. The summed E-state index contributed by atoms with van der Waals surface area (Å²) in [4.78, 5) is 42.6. The van der Waals surface area contributed by atoms with E-state index >= 15 is 0 Å². The second-order valence-electron chi connectivity index (χ2n) is 12.7. The van der Waals surface area contributed by atoms with Gasteiger partial charge in [0.1, 0.15) is 11.9 Å². The van der Waals surface area contributed by atoms with Gasteiger partial charge in [-0.1, -0.05) is 26.8 Å². The number of hydrogen-bond acceptors (Lipinski definition) is 12. The van der Waals surface area contributed by atoms with Gasteiger partial charge in [-0.05, 0) is 48.9 Å². The fourth-order valence-electron chi connectivity index (χ4n) is 5.53. The molecule has 0 aliphatic carbocycles. The van der Waals surface area contributed by atoms with Gasteiger partial charge < -0.3 is 14.2 Å². The maximum atomic E-state index is 13.8. The number of anilines is 2. The standard InChI is InChI=1S/C34H41N9O4/c1-34(2,3)28-20-37-32(40-31(28)47-27-21-46-22-27)41-42-15-12-26(13-16-42)43(30(44)11-9-25-7-5-6-14-35-25)29-10-8-23(17-36-29)24-18-38-33(45-4)39-19-24/h5-8,10,14,17-20,26-27H,9,11-13,15-16,21-22H2,1-4H3,(H,37,40,41). The van der Waals surface area contributed by atoms with Gasteiger partial charge in [0.25, 0.3) is 0 Å². The van der Waals surface area contributed by atoms with E-state index < -0.39 is 0 Å².